The first-order valence-corrected chi connectivity index (χ1v) is 5.56. The van der Waals surface area contributed by atoms with Crippen LogP contribution in [0.25, 0.3) is 0 Å². The van der Waals surface area contributed by atoms with Gasteiger partial charge in [0.15, 0.2) is 0 Å². The number of carbonyl (C=O) groups is 1. The predicted octanol–water partition coefficient (Wildman–Crippen LogP) is 1.29. The van der Waals surface area contributed by atoms with Gasteiger partial charge in [-0.05, 0) is 12.8 Å². The van der Waals surface area contributed by atoms with Crippen LogP contribution in [-0.2, 0) is 4.79 Å². The Morgan fingerprint density at radius 2 is 2.00 bits per heavy atom. The van der Waals surface area contributed by atoms with E-state index < -0.39 is 12.7 Å². The van der Waals surface area contributed by atoms with Crippen molar-refractivity contribution in [3.05, 3.63) is 0 Å². The van der Waals surface area contributed by atoms with E-state index in [1.807, 2.05) is 0 Å². The maximum Gasteiger partial charge on any atom is 0.401 e. The SMILES string of the molecule is O=C1CN(CC(F)(F)F)[C@H]2CCCC[C@@H]2N1. The van der Waals surface area contributed by atoms with E-state index in [9.17, 15) is 18.0 Å². The normalized spacial score (nSPS) is 32.1. The first-order valence-electron chi connectivity index (χ1n) is 5.56. The molecule has 2 atom stereocenters. The minimum atomic E-state index is -4.22. The second-order valence-electron chi connectivity index (χ2n) is 4.55. The number of carbonyl (C=O) groups excluding carboxylic acids is 1. The van der Waals surface area contributed by atoms with Gasteiger partial charge in [-0.25, -0.2) is 0 Å². The van der Waals surface area contributed by atoms with Gasteiger partial charge in [-0.15, -0.1) is 0 Å². The third-order valence-electron chi connectivity index (χ3n) is 3.27. The first-order chi connectivity index (χ1) is 7.46. The Bertz CT molecular complexity index is 280. The average Bonchev–Trinajstić information content (AvgIpc) is 2.14. The van der Waals surface area contributed by atoms with Crippen molar-refractivity contribution in [1.29, 1.82) is 0 Å². The molecule has 2 rings (SSSR count). The Balaban J connectivity index is 2.06. The van der Waals surface area contributed by atoms with E-state index in [1.165, 1.54) is 4.90 Å². The van der Waals surface area contributed by atoms with Crippen molar-refractivity contribution in [2.45, 2.75) is 43.9 Å². The Labute approximate surface area is 92.0 Å². The van der Waals surface area contributed by atoms with Crippen molar-refractivity contribution < 1.29 is 18.0 Å². The lowest BCUT2D eigenvalue weighted by molar-refractivity contribution is -0.161. The zero-order chi connectivity index (χ0) is 11.8. The molecule has 1 aliphatic heterocycles. The zero-order valence-electron chi connectivity index (χ0n) is 8.89. The largest absolute Gasteiger partial charge is 0.401 e. The Morgan fingerprint density at radius 3 is 2.69 bits per heavy atom. The molecule has 1 saturated carbocycles. The second-order valence-corrected chi connectivity index (χ2v) is 4.55. The molecular formula is C10H15F3N2O. The van der Waals surface area contributed by atoms with Crippen molar-refractivity contribution >= 4 is 5.91 Å². The zero-order valence-corrected chi connectivity index (χ0v) is 8.89. The van der Waals surface area contributed by atoms with Crippen molar-refractivity contribution in [2.75, 3.05) is 13.1 Å². The molecule has 0 unspecified atom stereocenters. The van der Waals surface area contributed by atoms with E-state index >= 15 is 0 Å². The molecule has 1 heterocycles. The summed E-state index contributed by atoms with van der Waals surface area (Å²) >= 11 is 0. The van der Waals surface area contributed by atoms with Gasteiger partial charge in [0.2, 0.25) is 5.91 Å². The van der Waals surface area contributed by atoms with Crippen LogP contribution in [0.5, 0.6) is 0 Å². The number of alkyl halides is 3. The molecule has 0 aromatic rings. The molecule has 0 aromatic carbocycles. The molecule has 1 saturated heterocycles. The van der Waals surface area contributed by atoms with E-state index in [4.69, 9.17) is 0 Å². The van der Waals surface area contributed by atoms with Crippen LogP contribution in [0.2, 0.25) is 0 Å². The minimum Gasteiger partial charge on any atom is -0.351 e. The summed E-state index contributed by atoms with van der Waals surface area (Å²) in [6, 6.07) is -0.217. The Kier molecular flexibility index (Phi) is 3.10. The number of piperazine rings is 1. The molecule has 1 amide bonds. The fraction of sp³-hybridized carbons (Fsp3) is 0.900. The van der Waals surface area contributed by atoms with Crippen LogP contribution in [0.3, 0.4) is 0 Å². The molecule has 3 nitrogen and oxygen atoms in total. The van der Waals surface area contributed by atoms with Crippen LogP contribution in [-0.4, -0.2) is 42.2 Å². The molecule has 16 heavy (non-hydrogen) atoms. The van der Waals surface area contributed by atoms with Gasteiger partial charge in [-0.2, -0.15) is 13.2 Å². The summed E-state index contributed by atoms with van der Waals surface area (Å²) < 4.78 is 37.1. The average molecular weight is 236 g/mol. The lowest BCUT2D eigenvalue weighted by Crippen LogP contribution is -2.62. The molecule has 2 fully saturated rings. The topological polar surface area (TPSA) is 32.3 Å². The fourth-order valence-electron chi connectivity index (χ4n) is 2.67. The van der Waals surface area contributed by atoms with Gasteiger partial charge in [-0.1, -0.05) is 12.8 Å². The van der Waals surface area contributed by atoms with E-state index in [0.29, 0.717) is 0 Å². The maximum absolute atomic E-state index is 12.4. The molecular weight excluding hydrogens is 221 g/mol. The summed E-state index contributed by atoms with van der Waals surface area (Å²) in [5, 5.41) is 2.79. The van der Waals surface area contributed by atoms with E-state index in [-0.39, 0.29) is 24.5 Å². The van der Waals surface area contributed by atoms with Gasteiger partial charge in [0.25, 0.3) is 0 Å². The lowest BCUT2D eigenvalue weighted by atomic mass is 9.87. The van der Waals surface area contributed by atoms with Crippen molar-refractivity contribution in [2.24, 2.45) is 0 Å². The van der Waals surface area contributed by atoms with Crippen LogP contribution in [0.4, 0.5) is 13.2 Å². The van der Waals surface area contributed by atoms with E-state index in [1.54, 1.807) is 0 Å². The lowest BCUT2D eigenvalue weighted by Gasteiger charge is -2.44. The van der Waals surface area contributed by atoms with Gasteiger partial charge in [0.1, 0.15) is 0 Å². The number of rotatable bonds is 1. The molecule has 1 aliphatic carbocycles. The van der Waals surface area contributed by atoms with E-state index in [2.05, 4.69) is 5.32 Å². The van der Waals surface area contributed by atoms with Gasteiger partial charge < -0.3 is 5.32 Å². The fourth-order valence-corrected chi connectivity index (χ4v) is 2.67. The molecule has 92 valence electrons. The van der Waals surface area contributed by atoms with Crippen LogP contribution in [0, 0.1) is 0 Å². The summed E-state index contributed by atoms with van der Waals surface area (Å²) in [6.45, 7) is -1.09. The number of nitrogens with one attached hydrogen (secondary N) is 1. The molecule has 0 radical (unpaired) electrons. The molecule has 0 bridgehead atoms. The maximum atomic E-state index is 12.4. The van der Waals surface area contributed by atoms with Crippen molar-refractivity contribution in [3.8, 4) is 0 Å². The van der Waals surface area contributed by atoms with E-state index in [0.717, 1.165) is 25.7 Å². The van der Waals surface area contributed by atoms with Gasteiger partial charge in [-0.3, -0.25) is 9.69 Å². The second kappa shape index (κ2) is 4.24. The highest BCUT2D eigenvalue weighted by Gasteiger charge is 2.41. The van der Waals surface area contributed by atoms with Crippen molar-refractivity contribution in [3.63, 3.8) is 0 Å². The van der Waals surface area contributed by atoms with Crippen LogP contribution in [0.1, 0.15) is 25.7 Å². The molecule has 6 heteroatoms. The number of halogens is 3. The number of fused-ring (bicyclic) bond motifs is 1. The molecule has 2 aliphatic rings. The number of hydrogen-bond donors (Lipinski definition) is 1. The van der Waals surface area contributed by atoms with Gasteiger partial charge >= 0.3 is 6.18 Å². The van der Waals surface area contributed by atoms with Crippen molar-refractivity contribution in [1.82, 2.24) is 10.2 Å². The standard InChI is InChI=1S/C10H15F3N2O/c11-10(12,13)6-15-5-9(16)14-7-3-1-2-4-8(7)15/h7-8H,1-6H2,(H,14,16)/t7-,8-/m0/s1. The highest BCUT2D eigenvalue weighted by molar-refractivity contribution is 5.79. The van der Waals surface area contributed by atoms with Gasteiger partial charge in [0, 0.05) is 12.1 Å². The quantitative estimate of drug-likeness (QED) is 0.744. The van der Waals surface area contributed by atoms with Crippen LogP contribution < -0.4 is 5.32 Å². The highest BCUT2D eigenvalue weighted by atomic mass is 19.4. The summed E-state index contributed by atoms with van der Waals surface area (Å²) in [7, 11) is 0. The summed E-state index contributed by atoms with van der Waals surface area (Å²) in [5.41, 5.74) is 0. The van der Waals surface area contributed by atoms with Crippen LogP contribution in [0.15, 0.2) is 0 Å². The van der Waals surface area contributed by atoms with Gasteiger partial charge in [0.05, 0.1) is 13.1 Å². The molecule has 1 N–H and O–H groups in total. The summed E-state index contributed by atoms with van der Waals surface area (Å²) in [6.07, 6.45) is -0.738. The minimum absolute atomic E-state index is 0.0858. The third kappa shape index (κ3) is 2.66. The number of amides is 1. The van der Waals surface area contributed by atoms with Crippen LogP contribution >= 0.6 is 0 Å². The number of hydrogen-bond acceptors (Lipinski definition) is 2. The third-order valence-corrected chi connectivity index (χ3v) is 3.27. The first kappa shape index (κ1) is 11.7. The predicted molar refractivity (Wildman–Crippen MR) is 51.8 cm³/mol. The Hall–Kier alpha value is -0.780. The number of nitrogens with zero attached hydrogens (tertiary/aromatic N) is 1. The highest BCUT2D eigenvalue weighted by Crippen LogP contribution is 2.28. The summed E-state index contributed by atoms with van der Waals surface area (Å²) in [4.78, 5) is 12.6. The Morgan fingerprint density at radius 1 is 1.31 bits per heavy atom. The smallest absolute Gasteiger partial charge is 0.351 e. The summed E-state index contributed by atoms with van der Waals surface area (Å²) in [5.74, 6) is -0.285. The monoisotopic (exact) mass is 236 g/mol. The molecule has 0 aromatic heterocycles. The molecule has 0 spiro atoms.